The first kappa shape index (κ1) is 19.3. The lowest BCUT2D eigenvalue weighted by atomic mass is 10.1. The van der Waals surface area contributed by atoms with Crippen molar-refractivity contribution in [2.75, 3.05) is 6.54 Å². The molecule has 0 amide bonds. The minimum Gasteiger partial charge on any atom is -0.504 e. The molecule has 0 radical (unpaired) electrons. The SMILES string of the molecule is NCC(=O)c1ccc(O)c(O)c1.O=C(O)[C@H](O)[C@@H](O)C(=O)O. The van der Waals surface area contributed by atoms with Crippen molar-refractivity contribution in [3.63, 3.8) is 0 Å². The standard InChI is InChI=1S/C8H9NO3.C4H6O6/c9-4-8(12)5-1-2-6(10)7(11)3-5;5-1(3(7)8)2(6)4(9)10/h1-3,10-11H,4,9H2;1-2,5-6H,(H,7,8)(H,9,10)/t;1-,2-/m.1/s1. The first-order chi connectivity index (χ1) is 10.1. The van der Waals surface area contributed by atoms with Crippen LogP contribution in [-0.4, -0.2) is 67.1 Å². The van der Waals surface area contributed by atoms with Gasteiger partial charge in [-0.15, -0.1) is 0 Å². The van der Waals surface area contributed by atoms with Gasteiger partial charge < -0.3 is 36.4 Å². The van der Waals surface area contributed by atoms with Crippen molar-refractivity contribution in [1.82, 2.24) is 0 Å². The lowest BCUT2D eigenvalue weighted by Gasteiger charge is -2.07. The van der Waals surface area contributed by atoms with Crippen molar-refractivity contribution in [2.45, 2.75) is 12.2 Å². The van der Waals surface area contributed by atoms with Crippen molar-refractivity contribution in [1.29, 1.82) is 0 Å². The molecule has 1 rings (SSSR count). The Kier molecular flexibility index (Phi) is 7.52. The molecule has 0 heterocycles. The molecule has 2 atom stereocenters. The Morgan fingerprint density at radius 1 is 0.955 bits per heavy atom. The highest BCUT2D eigenvalue weighted by molar-refractivity contribution is 5.98. The number of benzene rings is 1. The number of Topliss-reactive ketones (excluding diaryl/α,β-unsaturated/α-hetero) is 1. The normalized spacial score (nSPS) is 12.5. The van der Waals surface area contributed by atoms with E-state index in [0.717, 1.165) is 0 Å². The predicted octanol–water partition coefficient (Wildman–Crippen LogP) is -1.88. The van der Waals surface area contributed by atoms with Crippen LogP contribution in [0.25, 0.3) is 0 Å². The quantitative estimate of drug-likeness (QED) is 0.238. The maximum Gasteiger partial charge on any atom is 0.335 e. The summed E-state index contributed by atoms with van der Waals surface area (Å²) < 4.78 is 0. The van der Waals surface area contributed by atoms with Crippen LogP contribution in [0.1, 0.15) is 10.4 Å². The van der Waals surface area contributed by atoms with E-state index in [4.69, 9.17) is 36.4 Å². The van der Waals surface area contributed by atoms with Gasteiger partial charge in [0, 0.05) is 5.56 Å². The Bertz CT molecular complexity index is 540. The van der Waals surface area contributed by atoms with Crippen LogP contribution in [0.2, 0.25) is 0 Å². The van der Waals surface area contributed by atoms with Gasteiger partial charge >= 0.3 is 11.9 Å². The van der Waals surface area contributed by atoms with Gasteiger partial charge in [-0.05, 0) is 18.2 Å². The molecule has 8 N–H and O–H groups in total. The number of carbonyl (C=O) groups is 3. The monoisotopic (exact) mass is 317 g/mol. The van der Waals surface area contributed by atoms with Crippen LogP contribution in [0.3, 0.4) is 0 Å². The van der Waals surface area contributed by atoms with E-state index in [-0.39, 0.29) is 23.8 Å². The van der Waals surface area contributed by atoms with Gasteiger partial charge in [-0.3, -0.25) is 4.79 Å². The summed E-state index contributed by atoms with van der Waals surface area (Å²) in [5, 5.41) is 50.4. The van der Waals surface area contributed by atoms with E-state index in [1.807, 2.05) is 0 Å². The van der Waals surface area contributed by atoms with Crippen molar-refractivity contribution >= 4 is 17.7 Å². The van der Waals surface area contributed by atoms with Crippen molar-refractivity contribution in [3.8, 4) is 11.5 Å². The van der Waals surface area contributed by atoms with Crippen LogP contribution in [0.4, 0.5) is 0 Å². The Labute approximate surface area is 123 Å². The number of phenolic OH excluding ortho intramolecular Hbond substituents is 2. The fourth-order valence-electron chi connectivity index (χ4n) is 1.08. The van der Waals surface area contributed by atoms with Gasteiger partial charge in [0.15, 0.2) is 29.5 Å². The zero-order valence-corrected chi connectivity index (χ0v) is 11.1. The fraction of sp³-hybridized carbons (Fsp3) is 0.250. The minimum absolute atomic E-state index is 0.107. The number of nitrogens with two attached hydrogens (primary N) is 1. The van der Waals surface area contributed by atoms with Gasteiger partial charge in [-0.2, -0.15) is 0 Å². The first-order valence-corrected chi connectivity index (χ1v) is 5.68. The molecule has 10 heteroatoms. The van der Waals surface area contributed by atoms with E-state index in [1.54, 1.807) is 0 Å². The van der Waals surface area contributed by atoms with E-state index in [9.17, 15) is 14.4 Å². The Balaban J connectivity index is 0.000000409. The molecule has 0 saturated heterocycles. The molecule has 10 nitrogen and oxygen atoms in total. The summed E-state index contributed by atoms with van der Waals surface area (Å²) in [6, 6.07) is 3.84. The topological polar surface area (TPSA) is 199 Å². The van der Waals surface area contributed by atoms with E-state index >= 15 is 0 Å². The van der Waals surface area contributed by atoms with Crippen molar-refractivity contribution in [3.05, 3.63) is 23.8 Å². The van der Waals surface area contributed by atoms with Gasteiger partial charge in [0.2, 0.25) is 0 Å². The molecule has 1 aromatic carbocycles. The molecule has 122 valence electrons. The molecular weight excluding hydrogens is 302 g/mol. The number of aliphatic hydroxyl groups is 2. The Hall–Kier alpha value is -2.69. The molecule has 0 unspecified atom stereocenters. The fourth-order valence-corrected chi connectivity index (χ4v) is 1.08. The first-order valence-electron chi connectivity index (χ1n) is 5.68. The predicted molar refractivity (Wildman–Crippen MR) is 70.4 cm³/mol. The van der Waals surface area contributed by atoms with E-state index in [1.165, 1.54) is 18.2 Å². The second kappa shape index (κ2) is 8.56. The summed E-state index contributed by atoms with van der Waals surface area (Å²) in [5.74, 6) is -4.37. The largest absolute Gasteiger partial charge is 0.504 e. The number of carboxylic acids is 2. The van der Waals surface area contributed by atoms with Gasteiger partial charge in [-0.25, -0.2) is 9.59 Å². The van der Waals surface area contributed by atoms with Crippen LogP contribution in [0.15, 0.2) is 18.2 Å². The lowest BCUT2D eigenvalue weighted by Crippen LogP contribution is -2.39. The molecule has 0 aliphatic rings. The number of ketones is 1. The second-order valence-electron chi connectivity index (χ2n) is 3.90. The third kappa shape index (κ3) is 5.75. The molecular formula is C12H15NO9. The zero-order valence-electron chi connectivity index (χ0n) is 11.1. The molecule has 0 saturated carbocycles. The number of phenols is 2. The van der Waals surface area contributed by atoms with Gasteiger partial charge in [0.05, 0.1) is 6.54 Å². The Morgan fingerprint density at radius 2 is 1.41 bits per heavy atom. The summed E-state index contributed by atoms with van der Waals surface area (Å²) in [6.45, 7) is -0.107. The highest BCUT2D eigenvalue weighted by Gasteiger charge is 2.29. The minimum atomic E-state index is -2.27. The summed E-state index contributed by atoms with van der Waals surface area (Å²) in [7, 11) is 0. The van der Waals surface area contributed by atoms with Crippen LogP contribution in [-0.2, 0) is 9.59 Å². The number of hydrogen-bond donors (Lipinski definition) is 7. The highest BCUT2D eigenvalue weighted by Crippen LogP contribution is 2.24. The van der Waals surface area contributed by atoms with Crippen LogP contribution >= 0.6 is 0 Å². The number of hydrogen-bond acceptors (Lipinski definition) is 8. The summed E-state index contributed by atoms with van der Waals surface area (Å²) >= 11 is 0. The maximum atomic E-state index is 11.0. The van der Waals surface area contributed by atoms with E-state index in [0.29, 0.717) is 5.56 Å². The zero-order chi connectivity index (χ0) is 17.4. The summed E-state index contributed by atoms with van der Waals surface area (Å²) in [6.07, 6.45) is -4.53. The average molecular weight is 317 g/mol. The van der Waals surface area contributed by atoms with Gasteiger partial charge in [-0.1, -0.05) is 0 Å². The van der Waals surface area contributed by atoms with Crippen molar-refractivity contribution < 1.29 is 45.0 Å². The number of carbonyl (C=O) groups excluding carboxylic acids is 1. The average Bonchev–Trinajstić information content (AvgIpc) is 2.48. The Morgan fingerprint density at radius 3 is 1.73 bits per heavy atom. The van der Waals surface area contributed by atoms with E-state index < -0.39 is 24.1 Å². The van der Waals surface area contributed by atoms with Crippen molar-refractivity contribution in [2.24, 2.45) is 5.73 Å². The third-order valence-electron chi connectivity index (χ3n) is 2.29. The number of carboxylic acid groups (broad SMARTS) is 2. The number of rotatable bonds is 5. The smallest absolute Gasteiger partial charge is 0.335 e. The third-order valence-corrected chi connectivity index (χ3v) is 2.29. The van der Waals surface area contributed by atoms with Gasteiger partial charge in [0.25, 0.3) is 0 Å². The summed E-state index contributed by atoms with van der Waals surface area (Å²) in [4.78, 5) is 30.5. The maximum absolute atomic E-state index is 11.0. The molecule has 0 aromatic heterocycles. The highest BCUT2D eigenvalue weighted by atomic mass is 16.4. The number of aliphatic carboxylic acids is 2. The lowest BCUT2D eigenvalue weighted by molar-refractivity contribution is -0.165. The van der Waals surface area contributed by atoms with Crippen LogP contribution in [0.5, 0.6) is 11.5 Å². The van der Waals surface area contributed by atoms with Gasteiger partial charge in [0.1, 0.15) is 0 Å². The summed E-state index contributed by atoms with van der Waals surface area (Å²) in [5.41, 5.74) is 5.40. The van der Waals surface area contributed by atoms with Crippen LogP contribution in [0, 0.1) is 0 Å². The number of aromatic hydroxyl groups is 2. The molecule has 0 bridgehead atoms. The molecule has 0 fully saturated rings. The second-order valence-corrected chi connectivity index (χ2v) is 3.90. The number of aliphatic hydroxyl groups excluding tert-OH is 2. The molecule has 1 aromatic rings. The van der Waals surface area contributed by atoms with E-state index in [2.05, 4.69) is 0 Å². The molecule has 0 spiro atoms. The molecule has 0 aliphatic heterocycles. The van der Waals surface area contributed by atoms with Crippen LogP contribution < -0.4 is 5.73 Å². The molecule has 0 aliphatic carbocycles. The molecule has 22 heavy (non-hydrogen) atoms.